The number of carbonyl (C=O) groups excluding carboxylic acids is 3. The zero-order valence-corrected chi connectivity index (χ0v) is 14.2. The van der Waals surface area contributed by atoms with E-state index in [9.17, 15) is 14.4 Å². The first-order valence-corrected chi connectivity index (χ1v) is 8.15. The Morgan fingerprint density at radius 2 is 1.87 bits per heavy atom. The van der Waals surface area contributed by atoms with Gasteiger partial charge in [-0.05, 0) is 39.7 Å². The fourth-order valence-corrected chi connectivity index (χ4v) is 3.15. The average Bonchev–Trinajstić information content (AvgIpc) is 2.87. The van der Waals surface area contributed by atoms with E-state index in [-0.39, 0.29) is 36.2 Å². The number of likely N-dealkylation sites (tertiary alicyclic amines) is 2. The average molecular weight is 322 g/mol. The Kier molecular flexibility index (Phi) is 5.12. The SMILES string of the molecule is C=CC(=O)N1CCC(N2CC(C(=O)OC(C)(C)C)CC2=O)CC1. The summed E-state index contributed by atoms with van der Waals surface area (Å²) in [4.78, 5) is 39.5. The minimum absolute atomic E-state index is 0.00866. The maximum Gasteiger partial charge on any atom is 0.311 e. The van der Waals surface area contributed by atoms with Crippen LogP contribution in [0.4, 0.5) is 0 Å². The van der Waals surface area contributed by atoms with Crippen molar-refractivity contribution in [2.75, 3.05) is 19.6 Å². The molecule has 1 unspecified atom stereocenters. The minimum Gasteiger partial charge on any atom is -0.460 e. The van der Waals surface area contributed by atoms with Gasteiger partial charge < -0.3 is 14.5 Å². The number of hydrogen-bond acceptors (Lipinski definition) is 4. The van der Waals surface area contributed by atoms with Crippen molar-refractivity contribution in [2.24, 2.45) is 5.92 Å². The molecule has 2 aliphatic rings. The van der Waals surface area contributed by atoms with E-state index in [1.165, 1.54) is 6.08 Å². The van der Waals surface area contributed by atoms with Crippen molar-refractivity contribution in [3.63, 3.8) is 0 Å². The third kappa shape index (κ3) is 4.33. The van der Waals surface area contributed by atoms with Crippen LogP contribution < -0.4 is 0 Å². The van der Waals surface area contributed by atoms with E-state index < -0.39 is 5.60 Å². The van der Waals surface area contributed by atoms with Crippen molar-refractivity contribution in [2.45, 2.75) is 51.7 Å². The summed E-state index contributed by atoms with van der Waals surface area (Å²) in [5, 5.41) is 0. The van der Waals surface area contributed by atoms with Crippen LogP contribution >= 0.6 is 0 Å². The number of hydrogen-bond donors (Lipinski definition) is 0. The molecular formula is C17H26N2O4. The molecule has 6 nitrogen and oxygen atoms in total. The number of rotatable bonds is 3. The molecule has 0 aromatic rings. The molecule has 2 fully saturated rings. The maximum absolute atomic E-state index is 12.2. The number of amides is 2. The number of ether oxygens (including phenoxy) is 1. The monoisotopic (exact) mass is 322 g/mol. The van der Waals surface area contributed by atoms with E-state index >= 15 is 0 Å². The smallest absolute Gasteiger partial charge is 0.311 e. The van der Waals surface area contributed by atoms with Crippen LogP contribution in [0.25, 0.3) is 0 Å². The second kappa shape index (κ2) is 6.72. The first-order chi connectivity index (χ1) is 10.7. The molecular weight excluding hydrogens is 296 g/mol. The Labute approximate surface area is 137 Å². The summed E-state index contributed by atoms with van der Waals surface area (Å²) < 4.78 is 5.39. The molecule has 0 aliphatic carbocycles. The topological polar surface area (TPSA) is 66.9 Å². The molecule has 23 heavy (non-hydrogen) atoms. The highest BCUT2D eigenvalue weighted by molar-refractivity contribution is 5.88. The number of piperidine rings is 1. The quantitative estimate of drug-likeness (QED) is 0.581. The van der Waals surface area contributed by atoms with E-state index in [2.05, 4.69) is 6.58 Å². The van der Waals surface area contributed by atoms with Gasteiger partial charge >= 0.3 is 5.97 Å². The number of nitrogens with zero attached hydrogens (tertiary/aromatic N) is 2. The largest absolute Gasteiger partial charge is 0.460 e. The molecule has 0 aromatic carbocycles. The predicted octanol–water partition coefficient (Wildman–Crippen LogP) is 1.35. The molecule has 2 amide bonds. The van der Waals surface area contributed by atoms with Crippen LogP contribution in [0.15, 0.2) is 12.7 Å². The molecule has 0 radical (unpaired) electrons. The fourth-order valence-electron chi connectivity index (χ4n) is 3.15. The van der Waals surface area contributed by atoms with E-state index in [4.69, 9.17) is 4.74 Å². The highest BCUT2D eigenvalue weighted by Gasteiger charge is 2.40. The minimum atomic E-state index is -0.538. The van der Waals surface area contributed by atoms with E-state index in [1.54, 1.807) is 9.80 Å². The van der Waals surface area contributed by atoms with E-state index in [0.717, 1.165) is 12.8 Å². The molecule has 1 atom stereocenters. The maximum atomic E-state index is 12.2. The van der Waals surface area contributed by atoms with Crippen LogP contribution in [0.1, 0.15) is 40.0 Å². The molecule has 0 spiro atoms. The van der Waals surface area contributed by atoms with Crippen molar-refractivity contribution in [3.8, 4) is 0 Å². The fraction of sp³-hybridized carbons (Fsp3) is 0.706. The van der Waals surface area contributed by atoms with Crippen molar-refractivity contribution >= 4 is 17.8 Å². The summed E-state index contributed by atoms with van der Waals surface area (Å²) in [6, 6.07) is 0.101. The summed E-state index contributed by atoms with van der Waals surface area (Å²) in [6.07, 6.45) is 3.03. The number of carbonyl (C=O) groups is 3. The first-order valence-electron chi connectivity index (χ1n) is 8.15. The number of esters is 1. The van der Waals surface area contributed by atoms with Gasteiger partial charge in [-0.25, -0.2) is 0 Å². The van der Waals surface area contributed by atoms with Crippen molar-refractivity contribution in [3.05, 3.63) is 12.7 Å². The zero-order valence-electron chi connectivity index (χ0n) is 14.2. The third-order valence-electron chi connectivity index (χ3n) is 4.29. The molecule has 0 saturated carbocycles. The Morgan fingerprint density at radius 3 is 2.39 bits per heavy atom. The molecule has 2 saturated heterocycles. The van der Waals surface area contributed by atoms with Crippen LogP contribution in [0.5, 0.6) is 0 Å². The lowest BCUT2D eigenvalue weighted by Gasteiger charge is -2.36. The van der Waals surface area contributed by atoms with Gasteiger partial charge in [-0.3, -0.25) is 14.4 Å². The van der Waals surface area contributed by atoms with Gasteiger partial charge in [-0.2, -0.15) is 0 Å². The van der Waals surface area contributed by atoms with Crippen LogP contribution in [-0.2, 0) is 19.1 Å². The third-order valence-corrected chi connectivity index (χ3v) is 4.29. The van der Waals surface area contributed by atoms with E-state index in [1.807, 2.05) is 20.8 Å². The van der Waals surface area contributed by atoms with Crippen LogP contribution in [0, 0.1) is 5.92 Å². The summed E-state index contributed by atoms with van der Waals surface area (Å²) in [5.41, 5.74) is -0.538. The van der Waals surface area contributed by atoms with Gasteiger partial charge in [0.25, 0.3) is 0 Å². The predicted molar refractivity (Wildman–Crippen MR) is 85.5 cm³/mol. The van der Waals surface area contributed by atoms with Gasteiger partial charge in [0.15, 0.2) is 0 Å². The molecule has 0 aromatic heterocycles. The molecule has 0 bridgehead atoms. The highest BCUT2D eigenvalue weighted by Crippen LogP contribution is 2.27. The second-order valence-electron chi connectivity index (χ2n) is 7.24. The van der Waals surface area contributed by atoms with Gasteiger partial charge in [0.1, 0.15) is 5.60 Å². The molecule has 2 heterocycles. The van der Waals surface area contributed by atoms with E-state index in [0.29, 0.717) is 19.6 Å². The molecule has 2 aliphatic heterocycles. The molecule has 2 rings (SSSR count). The van der Waals surface area contributed by atoms with Gasteiger partial charge in [0.05, 0.1) is 5.92 Å². The van der Waals surface area contributed by atoms with Crippen molar-refractivity contribution in [1.82, 2.24) is 9.80 Å². The standard InChI is InChI=1S/C17H26N2O4/c1-5-14(20)18-8-6-13(7-9-18)19-11-12(10-15(19)21)16(22)23-17(2,3)4/h5,12-13H,1,6-11H2,2-4H3. The Hall–Kier alpha value is -1.85. The molecule has 128 valence electrons. The molecule has 6 heteroatoms. The van der Waals surface area contributed by atoms with Crippen molar-refractivity contribution < 1.29 is 19.1 Å². The molecule has 0 N–H and O–H groups in total. The van der Waals surface area contributed by atoms with Crippen LogP contribution in [0.3, 0.4) is 0 Å². The first kappa shape index (κ1) is 17.5. The Balaban J connectivity index is 1.90. The van der Waals surface area contributed by atoms with Crippen LogP contribution in [0.2, 0.25) is 0 Å². The van der Waals surface area contributed by atoms with Crippen LogP contribution in [-0.4, -0.2) is 58.9 Å². The summed E-state index contributed by atoms with van der Waals surface area (Å²) in [6.45, 7) is 10.6. The van der Waals surface area contributed by atoms with Gasteiger partial charge in [-0.15, -0.1) is 0 Å². The van der Waals surface area contributed by atoms with Gasteiger partial charge in [0.2, 0.25) is 11.8 Å². The summed E-state index contributed by atoms with van der Waals surface area (Å²) >= 11 is 0. The lowest BCUT2D eigenvalue weighted by molar-refractivity contribution is -0.159. The Bertz CT molecular complexity index is 501. The highest BCUT2D eigenvalue weighted by atomic mass is 16.6. The van der Waals surface area contributed by atoms with Gasteiger partial charge in [0, 0.05) is 32.1 Å². The lowest BCUT2D eigenvalue weighted by atomic mass is 10.0. The van der Waals surface area contributed by atoms with Crippen molar-refractivity contribution in [1.29, 1.82) is 0 Å². The zero-order chi connectivity index (χ0) is 17.2. The lowest BCUT2D eigenvalue weighted by Crippen LogP contribution is -2.47. The summed E-state index contributed by atoms with van der Waals surface area (Å²) in [5.74, 6) is -0.737. The van der Waals surface area contributed by atoms with Gasteiger partial charge in [-0.1, -0.05) is 6.58 Å². The summed E-state index contributed by atoms with van der Waals surface area (Å²) in [7, 11) is 0. The second-order valence-corrected chi connectivity index (χ2v) is 7.24. The Morgan fingerprint density at radius 1 is 1.26 bits per heavy atom. The normalized spacial score (nSPS) is 23.1.